The van der Waals surface area contributed by atoms with Crippen molar-refractivity contribution in [3.05, 3.63) is 42.0 Å². The summed E-state index contributed by atoms with van der Waals surface area (Å²) in [6.07, 6.45) is 1.67. The molecule has 1 saturated heterocycles. The predicted octanol–water partition coefficient (Wildman–Crippen LogP) is 2.22. The Kier molecular flexibility index (Phi) is 6.00. The molecule has 170 valence electrons. The smallest absolute Gasteiger partial charge is 0.317 e. The first-order valence-corrected chi connectivity index (χ1v) is 10.3. The molecule has 1 aliphatic heterocycles. The van der Waals surface area contributed by atoms with E-state index in [1.54, 1.807) is 26.4 Å². The van der Waals surface area contributed by atoms with Crippen LogP contribution in [0.4, 0.5) is 10.6 Å². The third-order valence-corrected chi connectivity index (χ3v) is 5.51. The number of methoxy groups -OCH3 is 1. The maximum Gasteiger partial charge on any atom is 0.317 e. The molecule has 0 aliphatic carbocycles. The summed E-state index contributed by atoms with van der Waals surface area (Å²) >= 11 is 0. The fraction of sp³-hybridized carbons (Fsp3) is 0.409. The summed E-state index contributed by atoms with van der Waals surface area (Å²) in [5.74, 6) is 0.902. The zero-order chi connectivity index (χ0) is 22.9. The number of urea groups is 1. The van der Waals surface area contributed by atoms with Crippen LogP contribution in [0.25, 0.3) is 16.8 Å². The molecule has 2 amide bonds. The molecule has 4 N–H and O–H groups in total. The number of ether oxygens (including phenoxy) is 3. The van der Waals surface area contributed by atoms with Crippen molar-refractivity contribution in [1.82, 2.24) is 14.4 Å². The van der Waals surface area contributed by atoms with Gasteiger partial charge in [-0.15, -0.1) is 0 Å². The lowest BCUT2D eigenvalue weighted by molar-refractivity contribution is -0.0247. The molecule has 2 atom stereocenters. The van der Waals surface area contributed by atoms with Gasteiger partial charge in [0.1, 0.15) is 30.1 Å². The number of anilines is 1. The minimum absolute atomic E-state index is 0.144. The first-order valence-electron chi connectivity index (χ1n) is 10.3. The maximum absolute atomic E-state index is 11.3. The van der Waals surface area contributed by atoms with Crippen LogP contribution in [-0.4, -0.2) is 58.5 Å². The first-order chi connectivity index (χ1) is 15.3. The van der Waals surface area contributed by atoms with Gasteiger partial charge in [0.25, 0.3) is 0 Å². The van der Waals surface area contributed by atoms with Crippen LogP contribution in [0.15, 0.2) is 30.6 Å². The fourth-order valence-electron chi connectivity index (χ4n) is 3.85. The van der Waals surface area contributed by atoms with Gasteiger partial charge in [0.2, 0.25) is 0 Å². The Hall–Kier alpha value is -3.21. The van der Waals surface area contributed by atoms with Gasteiger partial charge in [0.15, 0.2) is 0 Å². The number of hydrogen-bond acceptors (Lipinski definition) is 7. The van der Waals surface area contributed by atoms with Crippen LogP contribution in [0.3, 0.4) is 0 Å². The van der Waals surface area contributed by atoms with Crippen LogP contribution < -0.4 is 15.8 Å². The van der Waals surface area contributed by atoms with Crippen LogP contribution in [0.1, 0.15) is 24.7 Å². The zero-order valence-electron chi connectivity index (χ0n) is 18.3. The van der Waals surface area contributed by atoms with E-state index in [-0.39, 0.29) is 6.61 Å². The Morgan fingerprint density at radius 2 is 2.22 bits per heavy atom. The van der Waals surface area contributed by atoms with Gasteiger partial charge in [0, 0.05) is 49.6 Å². The number of aryl methyl sites for hydroxylation is 1. The average Bonchev–Trinajstić information content (AvgIpc) is 3.37. The van der Waals surface area contributed by atoms with Crippen molar-refractivity contribution in [2.24, 2.45) is 5.73 Å². The standard InChI is InChI=1S/C22H27N5O5/c1-13-6-16(18-9-20(26-21(23)29)24-12-27(13)18)17-7-15(32-10-14(2)28)8-19(25-17)22(30-3)4-5-31-11-22/h6-9,12,14,28H,4-5,10-11H2,1-3H3,(H3,23,26,29)/t14-,22-/m1/s1. The van der Waals surface area contributed by atoms with Gasteiger partial charge in [0.05, 0.1) is 29.6 Å². The number of nitrogens with two attached hydrogens (primary N) is 1. The normalized spacial score (nSPS) is 19.2. The second kappa shape index (κ2) is 8.73. The average molecular weight is 441 g/mol. The Morgan fingerprint density at radius 1 is 1.41 bits per heavy atom. The summed E-state index contributed by atoms with van der Waals surface area (Å²) in [6.45, 7) is 4.73. The van der Waals surface area contributed by atoms with Crippen molar-refractivity contribution in [2.75, 3.05) is 32.2 Å². The van der Waals surface area contributed by atoms with E-state index in [0.717, 1.165) is 16.8 Å². The number of hydrogen-bond donors (Lipinski definition) is 3. The minimum Gasteiger partial charge on any atom is -0.491 e. The summed E-state index contributed by atoms with van der Waals surface area (Å²) in [7, 11) is 1.64. The largest absolute Gasteiger partial charge is 0.491 e. The molecule has 32 heavy (non-hydrogen) atoms. The number of aromatic nitrogens is 3. The highest BCUT2D eigenvalue weighted by Gasteiger charge is 2.39. The van der Waals surface area contributed by atoms with Crippen LogP contribution in [0, 0.1) is 6.92 Å². The van der Waals surface area contributed by atoms with E-state index in [1.807, 2.05) is 29.5 Å². The van der Waals surface area contributed by atoms with Gasteiger partial charge in [-0.25, -0.2) is 14.8 Å². The Bertz CT molecular complexity index is 1140. The van der Waals surface area contributed by atoms with Crippen molar-refractivity contribution in [3.8, 4) is 17.0 Å². The number of carbonyl (C=O) groups is 1. The highest BCUT2D eigenvalue weighted by atomic mass is 16.5. The van der Waals surface area contributed by atoms with Crippen molar-refractivity contribution in [2.45, 2.75) is 32.0 Å². The lowest BCUT2D eigenvalue weighted by Gasteiger charge is -2.26. The van der Waals surface area contributed by atoms with Crippen molar-refractivity contribution in [3.63, 3.8) is 0 Å². The van der Waals surface area contributed by atoms with Gasteiger partial charge >= 0.3 is 6.03 Å². The minimum atomic E-state index is -0.691. The molecular weight excluding hydrogens is 414 g/mol. The molecule has 1 fully saturated rings. The molecule has 4 rings (SSSR count). The molecule has 0 unspecified atom stereocenters. The van der Waals surface area contributed by atoms with E-state index >= 15 is 0 Å². The highest BCUT2D eigenvalue weighted by molar-refractivity contribution is 5.89. The summed E-state index contributed by atoms with van der Waals surface area (Å²) in [6, 6.07) is 6.69. The molecule has 3 aromatic rings. The van der Waals surface area contributed by atoms with Gasteiger partial charge < -0.3 is 29.5 Å². The van der Waals surface area contributed by atoms with Gasteiger partial charge in [-0.1, -0.05) is 0 Å². The van der Waals surface area contributed by atoms with Gasteiger partial charge in [-0.2, -0.15) is 0 Å². The summed E-state index contributed by atoms with van der Waals surface area (Å²) < 4.78 is 19.2. The molecule has 3 aromatic heterocycles. The maximum atomic E-state index is 11.3. The molecular formula is C22H27N5O5. The zero-order valence-corrected chi connectivity index (χ0v) is 18.3. The molecule has 0 aromatic carbocycles. The van der Waals surface area contributed by atoms with Gasteiger partial charge in [-0.3, -0.25) is 5.32 Å². The quantitative estimate of drug-likeness (QED) is 0.512. The first kappa shape index (κ1) is 22.0. The summed E-state index contributed by atoms with van der Waals surface area (Å²) in [4.78, 5) is 20.4. The van der Waals surface area contributed by atoms with E-state index in [1.165, 1.54) is 0 Å². The fourth-order valence-corrected chi connectivity index (χ4v) is 3.85. The molecule has 4 heterocycles. The number of nitrogens with zero attached hydrogens (tertiary/aromatic N) is 3. The highest BCUT2D eigenvalue weighted by Crippen LogP contribution is 2.37. The monoisotopic (exact) mass is 441 g/mol. The molecule has 1 aliphatic rings. The van der Waals surface area contributed by atoms with Crippen molar-refractivity contribution >= 4 is 17.4 Å². The van der Waals surface area contributed by atoms with Crippen LogP contribution in [0.2, 0.25) is 0 Å². The topological polar surface area (TPSA) is 133 Å². The van der Waals surface area contributed by atoms with Gasteiger partial charge in [-0.05, 0) is 19.9 Å². The van der Waals surface area contributed by atoms with Crippen LogP contribution >= 0.6 is 0 Å². The number of pyridine rings is 1. The van der Waals surface area contributed by atoms with E-state index in [0.29, 0.717) is 42.6 Å². The van der Waals surface area contributed by atoms with E-state index in [4.69, 9.17) is 24.9 Å². The molecule has 0 bridgehead atoms. The van der Waals surface area contributed by atoms with Crippen LogP contribution in [-0.2, 0) is 15.1 Å². The summed E-state index contributed by atoms with van der Waals surface area (Å²) in [5, 5.41) is 12.2. The Morgan fingerprint density at radius 3 is 2.88 bits per heavy atom. The lowest BCUT2D eigenvalue weighted by atomic mass is 9.97. The summed E-state index contributed by atoms with van der Waals surface area (Å²) in [5.41, 5.74) is 8.48. The van der Waals surface area contributed by atoms with Crippen molar-refractivity contribution in [1.29, 1.82) is 0 Å². The third kappa shape index (κ3) is 4.24. The predicted molar refractivity (Wildman–Crippen MR) is 118 cm³/mol. The second-order valence-corrected chi connectivity index (χ2v) is 7.95. The Labute approximate surface area is 185 Å². The van der Waals surface area contributed by atoms with E-state index in [2.05, 4.69) is 10.3 Å². The SMILES string of the molecule is CO[C@]1(c2cc(OC[C@@H](C)O)cc(-c3cc(C)n4cnc(NC(N)=O)cc34)n2)CCOC1. The number of amides is 2. The molecule has 0 spiro atoms. The molecule has 10 nitrogen and oxygen atoms in total. The second-order valence-electron chi connectivity index (χ2n) is 7.95. The number of aliphatic hydroxyl groups excluding tert-OH is 1. The number of carbonyl (C=O) groups excluding carboxylic acids is 1. The number of fused-ring (bicyclic) bond motifs is 1. The molecule has 0 saturated carbocycles. The number of primary amides is 1. The molecule has 0 radical (unpaired) electrons. The van der Waals surface area contributed by atoms with Crippen molar-refractivity contribution < 1.29 is 24.1 Å². The van der Waals surface area contributed by atoms with E-state index < -0.39 is 17.7 Å². The van der Waals surface area contributed by atoms with Crippen LogP contribution in [0.5, 0.6) is 5.75 Å². The number of aliphatic hydroxyl groups is 1. The number of rotatable bonds is 7. The van der Waals surface area contributed by atoms with E-state index in [9.17, 15) is 9.90 Å². The number of nitrogens with one attached hydrogen (secondary N) is 1. The molecule has 10 heteroatoms. The third-order valence-electron chi connectivity index (χ3n) is 5.51. The lowest BCUT2D eigenvalue weighted by Crippen LogP contribution is -2.30. The Balaban J connectivity index is 1.86.